The van der Waals surface area contributed by atoms with Gasteiger partial charge in [-0.25, -0.2) is 13.2 Å². The molecule has 0 atom stereocenters. The van der Waals surface area contributed by atoms with E-state index in [1.807, 2.05) is 0 Å². The molecule has 0 radical (unpaired) electrons. The van der Waals surface area contributed by atoms with Gasteiger partial charge in [0.05, 0.1) is 0 Å². The number of anilines is 1. The van der Waals surface area contributed by atoms with E-state index in [1.54, 1.807) is 0 Å². The third kappa shape index (κ3) is 2.84. The van der Waals surface area contributed by atoms with Crippen molar-refractivity contribution in [3.63, 3.8) is 0 Å². The second kappa shape index (κ2) is 5.13. The zero-order chi connectivity index (χ0) is 15.8. The Bertz CT molecular complexity index is 791. The summed E-state index contributed by atoms with van der Waals surface area (Å²) in [6, 6.07) is 5.50. The summed E-state index contributed by atoms with van der Waals surface area (Å²) in [6.07, 6.45) is 0. The molecule has 112 valence electrons. The SMILES string of the molecule is Cc1[nH]c(C(=O)O)c(C)c1S(=O)(=O)Nc1ccc(O)cc1. The fourth-order valence-electron chi connectivity index (χ4n) is 2.09. The lowest BCUT2D eigenvalue weighted by atomic mass is 10.2. The van der Waals surface area contributed by atoms with Gasteiger partial charge in [-0.2, -0.15) is 0 Å². The van der Waals surface area contributed by atoms with Crippen LogP contribution in [0.4, 0.5) is 5.69 Å². The van der Waals surface area contributed by atoms with E-state index in [4.69, 9.17) is 5.11 Å². The van der Waals surface area contributed by atoms with Gasteiger partial charge in [0.1, 0.15) is 16.3 Å². The van der Waals surface area contributed by atoms with Crippen LogP contribution < -0.4 is 4.72 Å². The maximum absolute atomic E-state index is 12.4. The molecule has 0 aliphatic carbocycles. The number of hydrogen-bond acceptors (Lipinski definition) is 4. The molecule has 0 spiro atoms. The first-order valence-corrected chi connectivity index (χ1v) is 7.45. The van der Waals surface area contributed by atoms with Crippen LogP contribution in [-0.4, -0.2) is 29.6 Å². The number of carboxylic acid groups (broad SMARTS) is 1. The van der Waals surface area contributed by atoms with E-state index in [-0.39, 0.29) is 33.3 Å². The number of phenolic OH excluding ortho intramolecular Hbond substituents is 1. The Hall–Kier alpha value is -2.48. The lowest BCUT2D eigenvalue weighted by Crippen LogP contribution is -2.14. The highest BCUT2D eigenvalue weighted by Crippen LogP contribution is 2.26. The fraction of sp³-hybridized carbons (Fsp3) is 0.154. The quantitative estimate of drug-likeness (QED) is 0.642. The highest BCUT2D eigenvalue weighted by atomic mass is 32.2. The van der Waals surface area contributed by atoms with Crippen LogP contribution in [0.3, 0.4) is 0 Å². The minimum Gasteiger partial charge on any atom is -0.508 e. The number of aryl methyl sites for hydroxylation is 1. The van der Waals surface area contributed by atoms with Crippen LogP contribution in [0.2, 0.25) is 0 Å². The Kier molecular flexibility index (Phi) is 3.65. The van der Waals surface area contributed by atoms with E-state index < -0.39 is 16.0 Å². The van der Waals surface area contributed by atoms with Crippen molar-refractivity contribution in [2.75, 3.05) is 4.72 Å². The van der Waals surface area contributed by atoms with Crippen molar-refractivity contribution in [1.29, 1.82) is 0 Å². The van der Waals surface area contributed by atoms with Gasteiger partial charge in [0.25, 0.3) is 10.0 Å². The number of aromatic nitrogens is 1. The number of hydrogen-bond donors (Lipinski definition) is 4. The molecule has 2 aromatic rings. The molecule has 2 rings (SSSR count). The van der Waals surface area contributed by atoms with E-state index in [0.29, 0.717) is 0 Å². The zero-order valence-corrected chi connectivity index (χ0v) is 12.2. The molecule has 1 aromatic carbocycles. The van der Waals surface area contributed by atoms with Gasteiger partial charge in [-0.15, -0.1) is 0 Å². The summed E-state index contributed by atoms with van der Waals surface area (Å²) in [5.41, 5.74) is 0.505. The first kappa shape index (κ1) is 14.9. The molecule has 4 N–H and O–H groups in total. The average Bonchev–Trinajstić information content (AvgIpc) is 2.68. The second-order valence-electron chi connectivity index (χ2n) is 4.54. The van der Waals surface area contributed by atoms with Gasteiger partial charge in [0.15, 0.2) is 0 Å². The zero-order valence-electron chi connectivity index (χ0n) is 11.3. The summed E-state index contributed by atoms with van der Waals surface area (Å²) in [5.74, 6) is -1.21. The first-order chi connectivity index (χ1) is 9.72. The Balaban J connectivity index is 2.45. The Morgan fingerprint density at radius 3 is 2.24 bits per heavy atom. The van der Waals surface area contributed by atoms with Crippen LogP contribution in [0.1, 0.15) is 21.7 Å². The molecular formula is C13H14N2O5S. The highest BCUT2D eigenvalue weighted by Gasteiger charge is 2.26. The molecule has 0 unspecified atom stereocenters. The molecule has 8 heteroatoms. The van der Waals surface area contributed by atoms with E-state index in [0.717, 1.165) is 0 Å². The van der Waals surface area contributed by atoms with Crippen molar-refractivity contribution in [3.8, 4) is 5.75 Å². The number of aromatic carboxylic acids is 1. The number of nitrogens with one attached hydrogen (secondary N) is 2. The molecule has 0 fully saturated rings. The summed E-state index contributed by atoms with van der Waals surface area (Å²) in [5, 5.41) is 18.2. The van der Waals surface area contributed by atoms with Gasteiger partial charge >= 0.3 is 5.97 Å². The maximum Gasteiger partial charge on any atom is 0.352 e. The predicted molar refractivity (Wildman–Crippen MR) is 76.1 cm³/mol. The number of carbonyl (C=O) groups is 1. The van der Waals surface area contributed by atoms with Crippen molar-refractivity contribution in [2.24, 2.45) is 0 Å². The van der Waals surface area contributed by atoms with Crippen LogP contribution in [-0.2, 0) is 10.0 Å². The third-order valence-electron chi connectivity index (χ3n) is 2.97. The number of benzene rings is 1. The van der Waals surface area contributed by atoms with Crippen molar-refractivity contribution >= 4 is 21.7 Å². The molecule has 1 aromatic heterocycles. The van der Waals surface area contributed by atoms with Crippen molar-refractivity contribution in [1.82, 2.24) is 4.98 Å². The van der Waals surface area contributed by atoms with Crippen LogP contribution >= 0.6 is 0 Å². The summed E-state index contributed by atoms with van der Waals surface area (Å²) in [6.45, 7) is 2.92. The second-order valence-corrected chi connectivity index (χ2v) is 6.16. The molecule has 1 heterocycles. The molecule has 21 heavy (non-hydrogen) atoms. The van der Waals surface area contributed by atoms with Gasteiger partial charge in [0.2, 0.25) is 0 Å². The smallest absolute Gasteiger partial charge is 0.352 e. The van der Waals surface area contributed by atoms with E-state index >= 15 is 0 Å². The highest BCUT2D eigenvalue weighted by molar-refractivity contribution is 7.92. The van der Waals surface area contributed by atoms with Crippen LogP contribution in [0, 0.1) is 13.8 Å². The van der Waals surface area contributed by atoms with Gasteiger partial charge < -0.3 is 15.2 Å². The largest absolute Gasteiger partial charge is 0.508 e. The Morgan fingerprint density at radius 2 is 1.76 bits per heavy atom. The predicted octanol–water partition coefficient (Wildman–Crippen LogP) is 1.84. The summed E-state index contributed by atoms with van der Waals surface area (Å²) in [7, 11) is -3.93. The van der Waals surface area contributed by atoms with E-state index in [9.17, 15) is 18.3 Å². The summed E-state index contributed by atoms with van der Waals surface area (Å²) < 4.78 is 27.1. The molecule has 7 nitrogen and oxygen atoms in total. The average molecular weight is 310 g/mol. The minimum atomic E-state index is -3.93. The number of carboxylic acids is 1. The molecule has 0 saturated carbocycles. The molecule has 0 aliphatic heterocycles. The normalized spacial score (nSPS) is 11.3. The Morgan fingerprint density at radius 1 is 1.19 bits per heavy atom. The number of H-pyrrole nitrogens is 1. The van der Waals surface area contributed by atoms with Gasteiger partial charge in [0, 0.05) is 16.9 Å². The Labute approximate surface area is 121 Å². The number of rotatable bonds is 4. The van der Waals surface area contributed by atoms with Gasteiger partial charge in [-0.05, 0) is 38.1 Å². The third-order valence-corrected chi connectivity index (χ3v) is 4.63. The molecule has 0 bridgehead atoms. The summed E-state index contributed by atoms with van der Waals surface area (Å²) in [4.78, 5) is 13.5. The molecule has 0 amide bonds. The van der Waals surface area contributed by atoms with Crippen molar-refractivity contribution in [2.45, 2.75) is 18.7 Å². The maximum atomic E-state index is 12.4. The minimum absolute atomic E-state index is 0.0140. The molecular weight excluding hydrogens is 296 g/mol. The monoisotopic (exact) mass is 310 g/mol. The molecule has 0 aliphatic rings. The van der Waals surface area contributed by atoms with Crippen LogP contribution in [0.25, 0.3) is 0 Å². The fourth-order valence-corrected chi connectivity index (χ4v) is 3.59. The van der Waals surface area contributed by atoms with Crippen molar-refractivity contribution in [3.05, 3.63) is 41.2 Å². The number of phenols is 1. The van der Waals surface area contributed by atoms with E-state index in [2.05, 4.69) is 9.71 Å². The topological polar surface area (TPSA) is 119 Å². The molecule has 0 saturated heterocycles. The lowest BCUT2D eigenvalue weighted by Gasteiger charge is -2.09. The number of aromatic hydroxyl groups is 1. The van der Waals surface area contributed by atoms with Gasteiger partial charge in [-0.3, -0.25) is 4.72 Å². The number of aromatic amines is 1. The van der Waals surface area contributed by atoms with Crippen LogP contribution in [0.5, 0.6) is 5.75 Å². The number of sulfonamides is 1. The van der Waals surface area contributed by atoms with Crippen molar-refractivity contribution < 1.29 is 23.4 Å². The van der Waals surface area contributed by atoms with Gasteiger partial charge in [-0.1, -0.05) is 0 Å². The van der Waals surface area contributed by atoms with E-state index in [1.165, 1.54) is 38.1 Å². The lowest BCUT2D eigenvalue weighted by molar-refractivity contribution is 0.0690. The van der Waals surface area contributed by atoms with Crippen LogP contribution in [0.15, 0.2) is 29.2 Å². The summed E-state index contributed by atoms with van der Waals surface area (Å²) >= 11 is 0. The standard InChI is InChI=1S/C13H14N2O5S/c1-7-11(13(17)18)14-8(2)12(7)21(19,20)15-9-3-5-10(16)6-4-9/h3-6,14-16H,1-2H3,(H,17,18). The first-order valence-electron chi connectivity index (χ1n) is 5.96.